The van der Waals surface area contributed by atoms with Crippen molar-refractivity contribution in [1.29, 1.82) is 0 Å². The zero-order chi connectivity index (χ0) is 14.5. The second-order valence-corrected chi connectivity index (χ2v) is 7.28. The van der Waals surface area contributed by atoms with Gasteiger partial charge in [0, 0.05) is 12.0 Å². The number of amides is 1. The highest BCUT2D eigenvalue weighted by Gasteiger charge is 2.41. The lowest BCUT2D eigenvalue weighted by atomic mass is 9.93. The summed E-state index contributed by atoms with van der Waals surface area (Å²) in [6.45, 7) is 3.25. The molecular formula is C14H17NO4S. The quantitative estimate of drug-likeness (QED) is 0.864. The van der Waals surface area contributed by atoms with E-state index >= 15 is 0 Å². The van der Waals surface area contributed by atoms with Gasteiger partial charge >= 0.3 is 0 Å². The first-order chi connectivity index (χ1) is 9.37. The third-order valence-corrected chi connectivity index (χ3v) is 5.59. The van der Waals surface area contributed by atoms with Gasteiger partial charge in [0.25, 0.3) is 10.0 Å². The van der Waals surface area contributed by atoms with Crippen LogP contribution in [0.2, 0.25) is 0 Å². The molecule has 0 aromatic carbocycles. The van der Waals surface area contributed by atoms with Crippen LogP contribution in [0, 0.1) is 31.6 Å². The molecule has 1 amide bonds. The Bertz CT molecular complexity index is 686. The van der Waals surface area contributed by atoms with Crippen molar-refractivity contribution in [3.05, 3.63) is 29.7 Å². The number of furan rings is 1. The molecule has 1 saturated carbocycles. The van der Waals surface area contributed by atoms with Crippen LogP contribution >= 0.6 is 0 Å². The SMILES string of the molecule is Cc1cc(S(=O)(=O)NC(=O)C2CC3C=CC2C3)c(C)o1. The van der Waals surface area contributed by atoms with Crippen LogP contribution in [0.25, 0.3) is 0 Å². The molecule has 1 aromatic rings. The fraction of sp³-hybridized carbons (Fsp3) is 0.500. The smallest absolute Gasteiger partial charge is 0.267 e. The van der Waals surface area contributed by atoms with E-state index in [-0.39, 0.29) is 16.7 Å². The molecule has 3 atom stereocenters. The lowest BCUT2D eigenvalue weighted by molar-refractivity contribution is -0.123. The van der Waals surface area contributed by atoms with Gasteiger partial charge in [0.2, 0.25) is 5.91 Å². The van der Waals surface area contributed by atoms with Gasteiger partial charge in [-0.05, 0) is 38.5 Å². The Labute approximate surface area is 118 Å². The van der Waals surface area contributed by atoms with Crippen LogP contribution in [0.3, 0.4) is 0 Å². The molecule has 1 fully saturated rings. The van der Waals surface area contributed by atoms with Crippen LogP contribution in [0.15, 0.2) is 27.5 Å². The van der Waals surface area contributed by atoms with E-state index in [1.54, 1.807) is 13.8 Å². The van der Waals surface area contributed by atoms with E-state index in [9.17, 15) is 13.2 Å². The van der Waals surface area contributed by atoms with Crippen molar-refractivity contribution in [2.75, 3.05) is 0 Å². The number of hydrogen-bond acceptors (Lipinski definition) is 4. The molecule has 0 spiro atoms. The van der Waals surface area contributed by atoms with Crippen molar-refractivity contribution < 1.29 is 17.6 Å². The van der Waals surface area contributed by atoms with Crippen LogP contribution in [-0.4, -0.2) is 14.3 Å². The molecule has 3 unspecified atom stereocenters. The van der Waals surface area contributed by atoms with Crippen LogP contribution in [-0.2, 0) is 14.8 Å². The highest BCUT2D eigenvalue weighted by molar-refractivity contribution is 7.90. The predicted octanol–water partition coefficient (Wildman–Crippen LogP) is 1.91. The van der Waals surface area contributed by atoms with Gasteiger partial charge < -0.3 is 4.42 Å². The van der Waals surface area contributed by atoms with Crippen molar-refractivity contribution in [3.63, 3.8) is 0 Å². The summed E-state index contributed by atoms with van der Waals surface area (Å²) in [7, 11) is -3.84. The Hall–Kier alpha value is -1.56. The van der Waals surface area contributed by atoms with Crippen molar-refractivity contribution in [2.24, 2.45) is 17.8 Å². The monoisotopic (exact) mass is 295 g/mol. The molecule has 3 rings (SSSR count). The number of rotatable bonds is 3. The standard InChI is InChI=1S/C14H17NO4S/c1-8-5-13(9(2)19-8)20(17,18)15-14(16)12-7-10-3-4-11(12)6-10/h3-5,10-12H,6-7H2,1-2H3,(H,15,16). The molecule has 2 aliphatic rings. The lowest BCUT2D eigenvalue weighted by Crippen LogP contribution is -2.37. The minimum Gasteiger partial charge on any atom is -0.465 e. The van der Waals surface area contributed by atoms with Gasteiger partial charge in [-0.2, -0.15) is 0 Å². The maximum absolute atomic E-state index is 12.2. The molecule has 0 aliphatic heterocycles. The minimum atomic E-state index is -3.84. The van der Waals surface area contributed by atoms with Crippen LogP contribution < -0.4 is 4.72 Å². The maximum Gasteiger partial charge on any atom is 0.267 e. The van der Waals surface area contributed by atoms with E-state index in [1.165, 1.54) is 6.07 Å². The van der Waals surface area contributed by atoms with Crippen LogP contribution in [0.4, 0.5) is 0 Å². The number of hydrogen-bond donors (Lipinski definition) is 1. The molecule has 0 saturated heterocycles. The van der Waals surface area contributed by atoms with E-state index < -0.39 is 15.9 Å². The Kier molecular flexibility index (Phi) is 3.01. The number of fused-ring (bicyclic) bond motifs is 2. The van der Waals surface area contributed by atoms with Crippen molar-refractivity contribution in [3.8, 4) is 0 Å². The van der Waals surface area contributed by atoms with E-state index in [0.29, 0.717) is 17.4 Å². The molecule has 1 aromatic heterocycles. The summed E-state index contributed by atoms with van der Waals surface area (Å²) < 4.78 is 31.9. The highest BCUT2D eigenvalue weighted by atomic mass is 32.2. The van der Waals surface area contributed by atoms with Gasteiger partial charge in [-0.25, -0.2) is 13.1 Å². The summed E-state index contributed by atoms with van der Waals surface area (Å²) in [5.41, 5.74) is 0. The fourth-order valence-corrected chi connectivity index (χ4v) is 4.49. The summed E-state index contributed by atoms with van der Waals surface area (Å²) in [4.78, 5) is 12.2. The Morgan fingerprint density at radius 3 is 2.55 bits per heavy atom. The summed E-state index contributed by atoms with van der Waals surface area (Å²) in [5, 5.41) is 0. The predicted molar refractivity (Wildman–Crippen MR) is 72.4 cm³/mol. The van der Waals surface area contributed by atoms with E-state index in [1.807, 2.05) is 6.08 Å². The largest absolute Gasteiger partial charge is 0.465 e. The topological polar surface area (TPSA) is 76.4 Å². The summed E-state index contributed by atoms with van der Waals surface area (Å²) in [6, 6.07) is 1.44. The molecule has 108 valence electrons. The first kappa shape index (κ1) is 13.4. The lowest BCUT2D eigenvalue weighted by Gasteiger charge is -2.17. The molecule has 1 N–H and O–H groups in total. The second kappa shape index (κ2) is 4.48. The number of sulfonamides is 1. The summed E-state index contributed by atoms with van der Waals surface area (Å²) >= 11 is 0. The van der Waals surface area contributed by atoms with E-state index in [2.05, 4.69) is 10.8 Å². The van der Waals surface area contributed by atoms with Crippen molar-refractivity contribution >= 4 is 15.9 Å². The molecule has 2 aliphatic carbocycles. The van der Waals surface area contributed by atoms with Crippen LogP contribution in [0.1, 0.15) is 24.4 Å². The highest BCUT2D eigenvalue weighted by Crippen LogP contribution is 2.43. The molecule has 1 heterocycles. The maximum atomic E-state index is 12.2. The second-order valence-electron chi connectivity index (χ2n) is 5.63. The van der Waals surface area contributed by atoms with E-state index in [4.69, 9.17) is 4.42 Å². The Morgan fingerprint density at radius 2 is 2.05 bits per heavy atom. The average molecular weight is 295 g/mol. The normalized spacial score (nSPS) is 28.0. The minimum absolute atomic E-state index is 0.0436. The van der Waals surface area contributed by atoms with Crippen molar-refractivity contribution in [1.82, 2.24) is 4.72 Å². The third kappa shape index (κ3) is 2.18. The number of aryl methyl sites for hydroxylation is 2. The fourth-order valence-electron chi connectivity index (χ4n) is 3.22. The third-order valence-electron chi connectivity index (χ3n) is 4.14. The van der Waals surface area contributed by atoms with Gasteiger partial charge in [-0.15, -0.1) is 0 Å². The molecule has 2 bridgehead atoms. The zero-order valence-electron chi connectivity index (χ0n) is 11.4. The molecular weight excluding hydrogens is 278 g/mol. The van der Waals surface area contributed by atoms with E-state index in [0.717, 1.165) is 12.8 Å². The summed E-state index contributed by atoms with van der Waals surface area (Å²) in [5.74, 6) is 0.792. The Balaban J connectivity index is 1.78. The molecule has 5 nitrogen and oxygen atoms in total. The average Bonchev–Trinajstić information content (AvgIpc) is 3.03. The first-order valence-electron chi connectivity index (χ1n) is 6.69. The number of allylic oxidation sites excluding steroid dienone is 2. The molecule has 20 heavy (non-hydrogen) atoms. The van der Waals surface area contributed by atoms with Gasteiger partial charge in [-0.3, -0.25) is 4.79 Å². The molecule has 6 heteroatoms. The first-order valence-corrected chi connectivity index (χ1v) is 8.17. The van der Waals surface area contributed by atoms with Gasteiger partial charge in [0.1, 0.15) is 16.4 Å². The van der Waals surface area contributed by atoms with Crippen LogP contribution in [0.5, 0.6) is 0 Å². The summed E-state index contributed by atoms with van der Waals surface area (Å²) in [6.07, 6.45) is 5.85. The number of carbonyl (C=O) groups is 1. The Morgan fingerprint density at radius 1 is 1.30 bits per heavy atom. The number of nitrogens with one attached hydrogen (secondary N) is 1. The molecule has 0 radical (unpaired) electrons. The van der Waals surface area contributed by atoms with Gasteiger partial charge in [0.15, 0.2) is 0 Å². The number of carbonyl (C=O) groups excluding carboxylic acids is 1. The van der Waals surface area contributed by atoms with Gasteiger partial charge in [0.05, 0.1) is 0 Å². The zero-order valence-corrected chi connectivity index (χ0v) is 12.2. The van der Waals surface area contributed by atoms with Gasteiger partial charge in [-0.1, -0.05) is 12.2 Å². The van der Waals surface area contributed by atoms with Crippen molar-refractivity contribution in [2.45, 2.75) is 31.6 Å².